The largest absolute Gasteiger partial charge is 0.465 e. The van der Waals surface area contributed by atoms with E-state index in [1.54, 1.807) is 6.07 Å². The summed E-state index contributed by atoms with van der Waals surface area (Å²) in [5.41, 5.74) is 1.16. The number of nitrogens with one attached hydrogen (secondary N) is 1. The van der Waals surface area contributed by atoms with E-state index in [2.05, 4.69) is 31.0 Å². The fraction of sp³-hybridized carbons (Fsp3) is 0.0714. The standard InChI is InChI=1S/C14H11BrN2O3/c1-20-14(19)9-6-7-12(16-8-9)13(18)17-11-5-3-2-4-10(11)15/h2-8H,1H3,(H,17,18). The Morgan fingerprint density at radius 3 is 2.55 bits per heavy atom. The van der Waals surface area contributed by atoms with Gasteiger partial charge in [0.15, 0.2) is 0 Å². The van der Waals surface area contributed by atoms with E-state index < -0.39 is 5.97 Å². The molecule has 102 valence electrons. The third kappa shape index (κ3) is 3.21. The summed E-state index contributed by atoms with van der Waals surface area (Å²) in [6.07, 6.45) is 1.31. The zero-order valence-corrected chi connectivity index (χ0v) is 12.2. The van der Waals surface area contributed by atoms with E-state index in [-0.39, 0.29) is 11.6 Å². The van der Waals surface area contributed by atoms with Crippen LogP contribution in [0.3, 0.4) is 0 Å². The molecule has 0 aliphatic rings. The van der Waals surface area contributed by atoms with Gasteiger partial charge in [-0.1, -0.05) is 12.1 Å². The fourth-order valence-corrected chi connectivity index (χ4v) is 1.90. The molecule has 0 unspecified atom stereocenters. The smallest absolute Gasteiger partial charge is 0.339 e. The lowest BCUT2D eigenvalue weighted by molar-refractivity contribution is 0.0600. The number of esters is 1. The number of carbonyl (C=O) groups is 2. The highest BCUT2D eigenvalue weighted by atomic mass is 79.9. The molecule has 0 aliphatic heterocycles. The first-order chi connectivity index (χ1) is 9.61. The Morgan fingerprint density at radius 1 is 1.20 bits per heavy atom. The van der Waals surface area contributed by atoms with Gasteiger partial charge in [0.2, 0.25) is 0 Å². The summed E-state index contributed by atoms with van der Waals surface area (Å²) in [5.74, 6) is -0.844. The van der Waals surface area contributed by atoms with Crippen molar-refractivity contribution in [1.82, 2.24) is 4.98 Å². The van der Waals surface area contributed by atoms with E-state index in [4.69, 9.17) is 0 Å². The molecule has 1 N–H and O–H groups in total. The minimum Gasteiger partial charge on any atom is -0.465 e. The van der Waals surface area contributed by atoms with Crippen molar-refractivity contribution in [3.8, 4) is 0 Å². The molecule has 0 aliphatic carbocycles. The zero-order valence-electron chi connectivity index (χ0n) is 10.6. The summed E-state index contributed by atoms with van der Waals surface area (Å²) < 4.78 is 5.34. The Bertz CT molecular complexity index is 641. The highest BCUT2D eigenvalue weighted by Crippen LogP contribution is 2.21. The molecule has 0 bridgehead atoms. The molecule has 0 atom stereocenters. The Balaban J connectivity index is 2.14. The van der Waals surface area contributed by atoms with E-state index in [9.17, 15) is 9.59 Å². The summed E-state index contributed by atoms with van der Waals surface area (Å²) in [5, 5.41) is 2.72. The number of aromatic nitrogens is 1. The predicted molar refractivity (Wildman–Crippen MR) is 77.7 cm³/mol. The number of hydrogen-bond acceptors (Lipinski definition) is 4. The number of anilines is 1. The summed E-state index contributed by atoms with van der Waals surface area (Å²) in [7, 11) is 1.29. The van der Waals surface area contributed by atoms with Gasteiger partial charge in [0.1, 0.15) is 5.69 Å². The van der Waals surface area contributed by atoms with Gasteiger partial charge in [-0.25, -0.2) is 4.79 Å². The maximum absolute atomic E-state index is 12.0. The first-order valence-corrected chi connectivity index (χ1v) is 6.51. The Kier molecular flexibility index (Phi) is 4.47. The molecule has 6 heteroatoms. The van der Waals surface area contributed by atoms with E-state index >= 15 is 0 Å². The van der Waals surface area contributed by atoms with Gasteiger partial charge in [0, 0.05) is 10.7 Å². The second-order valence-electron chi connectivity index (χ2n) is 3.86. The maximum Gasteiger partial charge on any atom is 0.339 e. The van der Waals surface area contributed by atoms with Gasteiger partial charge in [-0.15, -0.1) is 0 Å². The summed E-state index contributed by atoms with van der Waals surface area (Å²) in [4.78, 5) is 27.2. The number of halogens is 1. The number of hydrogen-bond donors (Lipinski definition) is 1. The topological polar surface area (TPSA) is 68.3 Å². The van der Waals surface area contributed by atoms with Crippen LogP contribution in [0.25, 0.3) is 0 Å². The van der Waals surface area contributed by atoms with Crippen molar-refractivity contribution < 1.29 is 14.3 Å². The molecule has 0 saturated carbocycles. The van der Waals surface area contributed by atoms with Crippen molar-refractivity contribution in [3.63, 3.8) is 0 Å². The average molecular weight is 335 g/mol. The van der Waals surface area contributed by atoms with Gasteiger partial charge >= 0.3 is 5.97 Å². The molecule has 1 aromatic heterocycles. The van der Waals surface area contributed by atoms with E-state index in [1.165, 1.54) is 25.4 Å². The molecule has 0 spiro atoms. The van der Waals surface area contributed by atoms with Gasteiger partial charge in [0.25, 0.3) is 5.91 Å². The van der Waals surface area contributed by atoms with E-state index in [0.717, 1.165) is 4.47 Å². The van der Waals surface area contributed by atoms with Crippen molar-refractivity contribution >= 4 is 33.5 Å². The first-order valence-electron chi connectivity index (χ1n) is 5.72. The van der Waals surface area contributed by atoms with Crippen molar-refractivity contribution in [3.05, 3.63) is 58.3 Å². The molecule has 2 rings (SSSR count). The van der Waals surface area contributed by atoms with Crippen LogP contribution < -0.4 is 5.32 Å². The van der Waals surface area contributed by atoms with Crippen molar-refractivity contribution in [2.75, 3.05) is 12.4 Å². The van der Waals surface area contributed by atoms with Gasteiger partial charge < -0.3 is 10.1 Å². The zero-order chi connectivity index (χ0) is 14.5. The fourth-order valence-electron chi connectivity index (χ4n) is 1.52. The quantitative estimate of drug-likeness (QED) is 0.876. The molecule has 2 aromatic rings. The molecular formula is C14H11BrN2O3. The van der Waals surface area contributed by atoms with E-state index in [0.29, 0.717) is 11.3 Å². The number of rotatable bonds is 3. The van der Waals surface area contributed by atoms with Crippen LogP contribution in [0.1, 0.15) is 20.8 Å². The van der Waals surface area contributed by atoms with Crippen LogP contribution in [0.2, 0.25) is 0 Å². The van der Waals surface area contributed by atoms with Gasteiger partial charge in [0.05, 0.1) is 18.4 Å². The van der Waals surface area contributed by atoms with Gasteiger partial charge in [-0.2, -0.15) is 0 Å². The van der Waals surface area contributed by atoms with Crippen molar-refractivity contribution in [2.45, 2.75) is 0 Å². The number of nitrogens with zero attached hydrogens (tertiary/aromatic N) is 1. The number of ether oxygens (including phenoxy) is 1. The molecule has 20 heavy (non-hydrogen) atoms. The Hall–Kier alpha value is -2.21. The molecule has 1 aromatic carbocycles. The number of methoxy groups -OCH3 is 1. The van der Waals surface area contributed by atoms with Crippen LogP contribution in [0, 0.1) is 0 Å². The van der Waals surface area contributed by atoms with Crippen molar-refractivity contribution in [2.24, 2.45) is 0 Å². The Morgan fingerprint density at radius 2 is 1.95 bits per heavy atom. The van der Waals surface area contributed by atoms with Crippen molar-refractivity contribution in [1.29, 1.82) is 0 Å². The number of pyridine rings is 1. The molecule has 0 fully saturated rings. The normalized spacial score (nSPS) is 9.90. The summed E-state index contributed by atoms with van der Waals surface area (Å²) in [6, 6.07) is 10.2. The van der Waals surface area contributed by atoms with Crippen LogP contribution in [-0.2, 0) is 4.74 Å². The minimum absolute atomic E-state index is 0.216. The van der Waals surface area contributed by atoms with Gasteiger partial charge in [-0.05, 0) is 40.2 Å². The molecule has 5 nitrogen and oxygen atoms in total. The number of para-hydroxylation sites is 1. The minimum atomic E-state index is -0.490. The second kappa shape index (κ2) is 6.29. The van der Waals surface area contributed by atoms with Gasteiger partial charge in [-0.3, -0.25) is 9.78 Å². The summed E-state index contributed by atoms with van der Waals surface area (Å²) >= 11 is 3.34. The lowest BCUT2D eigenvalue weighted by Gasteiger charge is -2.06. The lowest BCUT2D eigenvalue weighted by atomic mass is 10.2. The van der Waals surface area contributed by atoms with E-state index in [1.807, 2.05) is 18.2 Å². The maximum atomic E-state index is 12.0. The molecular weight excluding hydrogens is 324 g/mol. The summed E-state index contributed by atoms with van der Waals surface area (Å²) in [6.45, 7) is 0. The highest BCUT2D eigenvalue weighted by Gasteiger charge is 2.11. The second-order valence-corrected chi connectivity index (χ2v) is 4.71. The molecule has 0 radical (unpaired) electrons. The monoisotopic (exact) mass is 334 g/mol. The lowest BCUT2D eigenvalue weighted by Crippen LogP contribution is -2.14. The van der Waals surface area contributed by atoms with Crippen LogP contribution in [0.15, 0.2) is 47.1 Å². The van der Waals surface area contributed by atoms with Crippen LogP contribution in [-0.4, -0.2) is 24.0 Å². The van der Waals surface area contributed by atoms with Crippen LogP contribution in [0.5, 0.6) is 0 Å². The molecule has 0 saturated heterocycles. The average Bonchev–Trinajstić information content (AvgIpc) is 2.49. The highest BCUT2D eigenvalue weighted by molar-refractivity contribution is 9.10. The SMILES string of the molecule is COC(=O)c1ccc(C(=O)Nc2ccccc2Br)nc1. The van der Waals surface area contributed by atoms with Crippen LogP contribution >= 0.6 is 15.9 Å². The number of carbonyl (C=O) groups excluding carboxylic acids is 2. The molecule has 1 amide bonds. The number of benzene rings is 1. The third-order valence-electron chi connectivity index (χ3n) is 2.54. The predicted octanol–water partition coefficient (Wildman–Crippen LogP) is 2.88. The Labute approximate surface area is 124 Å². The first kappa shape index (κ1) is 14.2. The van der Waals surface area contributed by atoms with Crippen LogP contribution in [0.4, 0.5) is 5.69 Å². The third-order valence-corrected chi connectivity index (χ3v) is 3.23. The number of amides is 1. The molecule has 1 heterocycles.